The van der Waals surface area contributed by atoms with Gasteiger partial charge in [0.05, 0.1) is 11.3 Å². The summed E-state index contributed by atoms with van der Waals surface area (Å²) in [6, 6.07) is 1.34. The normalized spacial score (nSPS) is 12.6. The van der Waals surface area contributed by atoms with Crippen LogP contribution in [0.15, 0.2) is 11.4 Å². The van der Waals surface area contributed by atoms with Gasteiger partial charge in [-0.05, 0) is 37.8 Å². The maximum absolute atomic E-state index is 12.3. The minimum atomic E-state index is -4.29. The van der Waals surface area contributed by atoms with Gasteiger partial charge in [-0.15, -0.1) is 11.3 Å². The van der Waals surface area contributed by atoms with E-state index in [1.807, 2.05) is 0 Å². The molecule has 6 heteroatoms. The van der Waals surface area contributed by atoms with Crippen LogP contribution in [0.4, 0.5) is 13.2 Å². The standard InChI is InChI=1S/C11H14F3NOS/c1-10(2,3)15-9(16)8-7(4-5-17-8)6-11(12,13)14/h4-5H,6H2,1-3H3,(H,15,16). The maximum Gasteiger partial charge on any atom is 0.393 e. The second-order valence-corrected chi connectivity index (χ2v) is 5.69. The molecule has 0 bridgehead atoms. The van der Waals surface area contributed by atoms with Crippen molar-refractivity contribution in [2.45, 2.75) is 38.9 Å². The van der Waals surface area contributed by atoms with Crippen LogP contribution in [-0.2, 0) is 6.42 Å². The minimum absolute atomic E-state index is 0.0317. The molecular weight excluding hydrogens is 251 g/mol. The van der Waals surface area contributed by atoms with Gasteiger partial charge >= 0.3 is 6.18 Å². The fourth-order valence-corrected chi connectivity index (χ4v) is 2.11. The van der Waals surface area contributed by atoms with Gasteiger partial charge in [0.1, 0.15) is 0 Å². The molecule has 0 saturated heterocycles. The minimum Gasteiger partial charge on any atom is -0.347 e. The van der Waals surface area contributed by atoms with Crippen LogP contribution in [0.1, 0.15) is 36.0 Å². The summed E-state index contributed by atoms with van der Waals surface area (Å²) < 4.78 is 36.8. The molecule has 0 saturated carbocycles. The van der Waals surface area contributed by atoms with E-state index in [2.05, 4.69) is 5.32 Å². The van der Waals surface area contributed by atoms with E-state index in [9.17, 15) is 18.0 Å². The first kappa shape index (κ1) is 14.0. The maximum atomic E-state index is 12.3. The summed E-state index contributed by atoms with van der Waals surface area (Å²) in [4.78, 5) is 11.9. The van der Waals surface area contributed by atoms with Crippen LogP contribution >= 0.6 is 11.3 Å². The molecule has 1 aromatic heterocycles. The van der Waals surface area contributed by atoms with Gasteiger partial charge in [-0.2, -0.15) is 13.2 Å². The Labute approximate surface area is 102 Å². The second-order valence-electron chi connectivity index (χ2n) is 4.77. The van der Waals surface area contributed by atoms with Crippen molar-refractivity contribution in [3.8, 4) is 0 Å². The molecule has 0 radical (unpaired) electrons. The number of halogens is 3. The molecule has 0 fully saturated rings. The van der Waals surface area contributed by atoms with E-state index in [0.29, 0.717) is 0 Å². The first-order valence-electron chi connectivity index (χ1n) is 5.04. The van der Waals surface area contributed by atoms with E-state index in [4.69, 9.17) is 0 Å². The summed E-state index contributed by atoms with van der Waals surface area (Å²) in [5.74, 6) is -0.452. The summed E-state index contributed by atoms with van der Waals surface area (Å²) in [7, 11) is 0. The molecule has 0 aromatic carbocycles. The number of carbonyl (C=O) groups excluding carboxylic acids is 1. The molecule has 1 rings (SSSR count). The molecule has 1 heterocycles. The molecule has 2 nitrogen and oxygen atoms in total. The SMILES string of the molecule is CC(C)(C)NC(=O)c1sccc1CC(F)(F)F. The van der Waals surface area contributed by atoms with Gasteiger partial charge in [0.25, 0.3) is 5.91 Å². The smallest absolute Gasteiger partial charge is 0.347 e. The first-order chi connectivity index (χ1) is 7.58. The molecule has 17 heavy (non-hydrogen) atoms. The highest BCUT2D eigenvalue weighted by molar-refractivity contribution is 7.12. The van der Waals surface area contributed by atoms with Crippen LogP contribution in [0.25, 0.3) is 0 Å². The number of thiophene rings is 1. The van der Waals surface area contributed by atoms with Gasteiger partial charge in [0.15, 0.2) is 0 Å². The van der Waals surface area contributed by atoms with E-state index in [1.165, 1.54) is 11.4 Å². The highest BCUT2D eigenvalue weighted by Gasteiger charge is 2.31. The molecule has 1 N–H and O–H groups in total. The van der Waals surface area contributed by atoms with E-state index in [0.717, 1.165) is 11.3 Å². The Morgan fingerprint density at radius 3 is 2.41 bits per heavy atom. The van der Waals surface area contributed by atoms with Gasteiger partial charge in [-0.3, -0.25) is 4.79 Å². The second kappa shape index (κ2) is 4.68. The Bertz CT molecular complexity index is 404. The summed E-state index contributed by atoms with van der Waals surface area (Å²) >= 11 is 1.03. The third-order valence-electron chi connectivity index (χ3n) is 1.83. The lowest BCUT2D eigenvalue weighted by Crippen LogP contribution is -2.40. The molecule has 96 valence electrons. The fourth-order valence-electron chi connectivity index (χ4n) is 1.29. The van der Waals surface area contributed by atoms with Crippen molar-refractivity contribution in [1.29, 1.82) is 0 Å². The number of rotatable bonds is 2. The zero-order chi connectivity index (χ0) is 13.3. The zero-order valence-electron chi connectivity index (χ0n) is 9.81. The van der Waals surface area contributed by atoms with Crippen molar-refractivity contribution in [3.63, 3.8) is 0 Å². The van der Waals surface area contributed by atoms with Crippen LogP contribution in [-0.4, -0.2) is 17.6 Å². The number of hydrogen-bond donors (Lipinski definition) is 1. The third-order valence-corrected chi connectivity index (χ3v) is 2.79. The van der Waals surface area contributed by atoms with Gasteiger partial charge in [0, 0.05) is 5.54 Å². The fraction of sp³-hybridized carbons (Fsp3) is 0.545. The summed E-state index contributed by atoms with van der Waals surface area (Å²) in [5, 5.41) is 4.15. The molecule has 0 spiro atoms. The van der Waals surface area contributed by atoms with Crippen molar-refractivity contribution in [2.75, 3.05) is 0 Å². The highest BCUT2D eigenvalue weighted by atomic mass is 32.1. The number of alkyl halides is 3. The topological polar surface area (TPSA) is 29.1 Å². The average Bonchev–Trinajstić information content (AvgIpc) is 2.45. The Morgan fingerprint density at radius 1 is 1.35 bits per heavy atom. The molecular formula is C11H14F3NOS. The monoisotopic (exact) mass is 265 g/mol. The predicted molar refractivity (Wildman–Crippen MR) is 61.3 cm³/mol. The quantitative estimate of drug-likeness (QED) is 0.872. The number of hydrogen-bond acceptors (Lipinski definition) is 2. The van der Waals surface area contributed by atoms with E-state index in [-0.39, 0.29) is 10.4 Å². The van der Waals surface area contributed by atoms with Crippen molar-refractivity contribution in [1.82, 2.24) is 5.32 Å². The molecule has 1 amide bonds. The van der Waals surface area contributed by atoms with Crippen molar-refractivity contribution in [2.24, 2.45) is 0 Å². The Hall–Kier alpha value is -1.04. The average molecular weight is 265 g/mol. The van der Waals surface area contributed by atoms with E-state index < -0.39 is 24.0 Å². The number of nitrogens with one attached hydrogen (secondary N) is 1. The lowest BCUT2D eigenvalue weighted by Gasteiger charge is -2.20. The molecule has 0 aliphatic carbocycles. The third kappa shape index (κ3) is 4.77. The van der Waals surface area contributed by atoms with Crippen LogP contribution in [0, 0.1) is 0 Å². The number of carbonyl (C=O) groups is 1. The van der Waals surface area contributed by atoms with Crippen LogP contribution in [0.5, 0.6) is 0 Å². The Morgan fingerprint density at radius 2 is 1.94 bits per heavy atom. The summed E-state index contributed by atoms with van der Waals surface area (Å²) in [5.41, 5.74) is -0.430. The summed E-state index contributed by atoms with van der Waals surface area (Å²) in [6.45, 7) is 5.34. The highest BCUT2D eigenvalue weighted by Crippen LogP contribution is 2.26. The lowest BCUT2D eigenvalue weighted by atomic mass is 10.1. The lowest BCUT2D eigenvalue weighted by molar-refractivity contribution is -0.127. The van der Waals surface area contributed by atoms with Crippen LogP contribution < -0.4 is 5.32 Å². The largest absolute Gasteiger partial charge is 0.393 e. The van der Waals surface area contributed by atoms with E-state index >= 15 is 0 Å². The zero-order valence-corrected chi connectivity index (χ0v) is 10.6. The van der Waals surface area contributed by atoms with Crippen LogP contribution in [0.2, 0.25) is 0 Å². The van der Waals surface area contributed by atoms with E-state index in [1.54, 1.807) is 20.8 Å². The van der Waals surface area contributed by atoms with Crippen LogP contribution in [0.3, 0.4) is 0 Å². The number of amides is 1. The molecule has 0 unspecified atom stereocenters. The Kier molecular flexibility index (Phi) is 3.86. The Balaban J connectivity index is 2.85. The molecule has 0 aliphatic rings. The molecule has 0 aliphatic heterocycles. The molecule has 0 atom stereocenters. The van der Waals surface area contributed by atoms with Crippen molar-refractivity contribution < 1.29 is 18.0 Å². The van der Waals surface area contributed by atoms with Gasteiger partial charge in [0.2, 0.25) is 0 Å². The van der Waals surface area contributed by atoms with Crippen molar-refractivity contribution >= 4 is 17.2 Å². The summed E-state index contributed by atoms with van der Waals surface area (Å²) in [6.07, 6.45) is -5.36. The van der Waals surface area contributed by atoms with Gasteiger partial charge in [-0.1, -0.05) is 0 Å². The van der Waals surface area contributed by atoms with Crippen molar-refractivity contribution in [3.05, 3.63) is 21.9 Å². The van der Waals surface area contributed by atoms with Gasteiger partial charge < -0.3 is 5.32 Å². The first-order valence-corrected chi connectivity index (χ1v) is 5.92. The predicted octanol–water partition coefficient (Wildman–Crippen LogP) is 3.38. The molecule has 1 aromatic rings. The van der Waals surface area contributed by atoms with Gasteiger partial charge in [-0.25, -0.2) is 0 Å².